The summed E-state index contributed by atoms with van der Waals surface area (Å²) in [7, 11) is 1.83. The van der Waals surface area contributed by atoms with Crippen molar-refractivity contribution in [1.82, 2.24) is 19.8 Å². The van der Waals surface area contributed by atoms with E-state index >= 15 is 0 Å². The summed E-state index contributed by atoms with van der Waals surface area (Å²) in [5.41, 5.74) is 4.64. The van der Waals surface area contributed by atoms with Gasteiger partial charge in [-0.2, -0.15) is 9.97 Å². The van der Waals surface area contributed by atoms with Crippen LogP contribution in [0.5, 0.6) is 6.01 Å². The molecule has 9 heteroatoms. The Kier molecular flexibility index (Phi) is 9.60. The molecule has 0 bridgehead atoms. The number of nitrogens with one attached hydrogen (secondary N) is 1. The molecule has 218 valence electrons. The molecule has 1 saturated heterocycles. The fraction of sp³-hybridized carbons (Fsp3) is 0.438. The number of likely N-dealkylation sites (tertiary alicyclic amines) is 1. The van der Waals surface area contributed by atoms with Gasteiger partial charge in [0, 0.05) is 32.7 Å². The van der Waals surface area contributed by atoms with Gasteiger partial charge in [-0.3, -0.25) is 15.0 Å². The minimum atomic E-state index is -0.617. The SMILES string of the molecule is Cc1nc(OCC(=O)N(C)C2CCN(Cc3ccc(-c4ccccc4)cc3)CC2)nc(C)c1NC(=O)OC(C)(C)C. The van der Waals surface area contributed by atoms with E-state index in [1.807, 2.05) is 13.1 Å². The van der Waals surface area contributed by atoms with E-state index < -0.39 is 11.7 Å². The number of anilines is 1. The van der Waals surface area contributed by atoms with Crippen molar-refractivity contribution in [2.45, 2.75) is 65.6 Å². The average molecular weight is 560 g/mol. The van der Waals surface area contributed by atoms with Gasteiger partial charge in [0.1, 0.15) is 5.60 Å². The molecule has 41 heavy (non-hydrogen) atoms. The number of piperidine rings is 1. The molecule has 4 rings (SSSR count). The first-order valence-corrected chi connectivity index (χ1v) is 14.1. The first-order chi connectivity index (χ1) is 19.5. The minimum Gasteiger partial charge on any atom is -0.453 e. The van der Waals surface area contributed by atoms with Gasteiger partial charge < -0.3 is 14.4 Å². The van der Waals surface area contributed by atoms with Crippen LogP contribution in [0.4, 0.5) is 10.5 Å². The second kappa shape index (κ2) is 13.1. The summed E-state index contributed by atoms with van der Waals surface area (Å²) in [6.45, 7) is 11.5. The maximum absolute atomic E-state index is 12.9. The highest BCUT2D eigenvalue weighted by Gasteiger charge is 2.26. The van der Waals surface area contributed by atoms with Gasteiger partial charge in [0.15, 0.2) is 6.61 Å². The number of aryl methyl sites for hydroxylation is 2. The molecule has 1 aliphatic rings. The summed E-state index contributed by atoms with van der Waals surface area (Å²) in [4.78, 5) is 37.9. The van der Waals surface area contributed by atoms with Crippen LogP contribution < -0.4 is 10.1 Å². The molecule has 0 unspecified atom stereocenters. The lowest BCUT2D eigenvalue weighted by molar-refractivity contribution is -0.135. The van der Waals surface area contributed by atoms with E-state index in [0.29, 0.717) is 17.1 Å². The lowest BCUT2D eigenvalue weighted by Gasteiger charge is -2.36. The van der Waals surface area contributed by atoms with Crippen LogP contribution in [-0.2, 0) is 16.1 Å². The second-order valence-electron chi connectivity index (χ2n) is 11.5. The van der Waals surface area contributed by atoms with Gasteiger partial charge in [-0.05, 0) is 64.2 Å². The number of rotatable bonds is 8. The first-order valence-electron chi connectivity index (χ1n) is 14.1. The highest BCUT2D eigenvalue weighted by Crippen LogP contribution is 2.23. The van der Waals surface area contributed by atoms with Gasteiger partial charge in [0.25, 0.3) is 5.91 Å². The molecule has 1 aliphatic heterocycles. The van der Waals surface area contributed by atoms with Gasteiger partial charge in [-0.25, -0.2) is 4.79 Å². The third-order valence-electron chi connectivity index (χ3n) is 7.17. The molecule has 1 aromatic heterocycles. The molecule has 0 saturated carbocycles. The Morgan fingerprint density at radius 1 is 0.951 bits per heavy atom. The van der Waals surface area contributed by atoms with Crippen LogP contribution in [0, 0.1) is 13.8 Å². The highest BCUT2D eigenvalue weighted by molar-refractivity contribution is 5.86. The van der Waals surface area contributed by atoms with Crippen molar-refractivity contribution in [2.24, 2.45) is 0 Å². The number of nitrogens with zero attached hydrogens (tertiary/aromatic N) is 4. The Morgan fingerprint density at radius 2 is 1.54 bits per heavy atom. The molecule has 9 nitrogen and oxygen atoms in total. The Bertz CT molecular complexity index is 1310. The Morgan fingerprint density at radius 3 is 2.12 bits per heavy atom. The Labute approximate surface area is 242 Å². The van der Waals surface area contributed by atoms with E-state index in [2.05, 4.69) is 68.7 Å². The molecule has 2 amide bonds. The number of carbonyl (C=O) groups is 2. The fourth-order valence-electron chi connectivity index (χ4n) is 4.92. The zero-order chi connectivity index (χ0) is 29.6. The van der Waals surface area contributed by atoms with Crippen molar-refractivity contribution in [3.8, 4) is 17.1 Å². The normalized spacial score (nSPS) is 14.4. The van der Waals surface area contributed by atoms with E-state index in [0.717, 1.165) is 32.5 Å². The standard InChI is InChI=1S/C32H41N5O4/c1-22-29(35-31(39)41-32(3,4)5)23(2)34-30(33-22)40-21-28(38)36(6)27-16-18-37(19-17-27)20-24-12-14-26(15-13-24)25-10-8-7-9-11-25/h7-15,27H,16-21H2,1-6H3,(H,35,39). The number of aromatic nitrogens is 2. The van der Waals surface area contributed by atoms with Gasteiger partial charge >= 0.3 is 12.1 Å². The molecular formula is C32H41N5O4. The van der Waals surface area contributed by atoms with Crippen LogP contribution in [0.1, 0.15) is 50.6 Å². The summed E-state index contributed by atoms with van der Waals surface area (Å²) in [5.74, 6) is -0.116. The first kappa shape index (κ1) is 30.0. The smallest absolute Gasteiger partial charge is 0.412 e. The van der Waals surface area contributed by atoms with Crippen LogP contribution >= 0.6 is 0 Å². The molecule has 0 radical (unpaired) electrons. The van der Waals surface area contributed by atoms with E-state index in [-0.39, 0.29) is 24.6 Å². The summed E-state index contributed by atoms with van der Waals surface area (Å²) in [5, 5.41) is 2.70. The molecule has 1 fully saturated rings. The zero-order valence-electron chi connectivity index (χ0n) is 24.9. The largest absolute Gasteiger partial charge is 0.453 e. The molecule has 0 atom stereocenters. The number of likely N-dealkylation sites (N-methyl/N-ethyl adjacent to an activating group) is 1. The van der Waals surface area contributed by atoms with Gasteiger partial charge in [0.2, 0.25) is 0 Å². The Hall–Kier alpha value is -3.98. The quantitative estimate of drug-likeness (QED) is 0.383. The van der Waals surface area contributed by atoms with Crippen LogP contribution in [0.3, 0.4) is 0 Å². The summed E-state index contributed by atoms with van der Waals surface area (Å²) in [6.07, 6.45) is 1.23. The van der Waals surface area contributed by atoms with E-state index in [9.17, 15) is 9.59 Å². The number of hydrogen-bond donors (Lipinski definition) is 1. The lowest BCUT2D eigenvalue weighted by atomic mass is 10.0. The number of hydrogen-bond acceptors (Lipinski definition) is 7. The monoisotopic (exact) mass is 559 g/mol. The van der Waals surface area contributed by atoms with E-state index in [1.165, 1.54) is 16.7 Å². The maximum Gasteiger partial charge on any atom is 0.412 e. The summed E-state index contributed by atoms with van der Waals surface area (Å²) >= 11 is 0. The second-order valence-corrected chi connectivity index (χ2v) is 11.5. The zero-order valence-corrected chi connectivity index (χ0v) is 24.9. The molecular weight excluding hydrogens is 518 g/mol. The van der Waals surface area contributed by atoms with Crippen molar-refractivity contribution in [3.63, 3.8) is 0 Å². The molecule has 2 aromatic carbocycles. The number of benzene rings is 2. The van der Waals surface area contributed by atoms with Crippen molar-refractivity contribution in [1.29, 1.82) is 0 Å². The van der Waals surface area contributed by atoms with Crippen molar-refractivity contribution in [3.05, 3.63) is 71.5 Å². The highest BCUT2D eigenvalue weighted by atomic mass is 16.6. The number of amides is 2. The lowest BCUT2D eigenvalue weighted by Crippen LogP contribution is -2.46. The van der Waals surface area contributed by atoms with Crippen molar-refractivity contribution >= 4 is 17.7 Å². The topological polar surface area (TPSA) is 96.9 Å². The van der Waals surface area contributed by atoms with Gasteiger partial charge in [-0.15, -0.1) is 0 Å². The fourth-order valence-corrected chi connectivity index (χ4v) is 4.92. The van der Waals surface area contributed by atoms with Gasteiger partial charge in [-0.1, -0.05) is 54.6 Å². The molecule has 3 aromatic rings. The van der Waals surface area contributed by atoms with E-state index in [4.69, 9.17) is 9.47 Å². The summed E-state index contributed by atoms with van der Waals surface area (Å²) < 4.78 is 11.0. The third kappa shape index (κ3) is 8.50. The predicted molar refractivity (Wildman–Crippen MR) is 160 cm³/mol. The third-order valence-corrected chi connectivity index (χ3v) is 7.17. The van der Waals surface area contributed by atoms with Crippen LogP contribution in [-0.4, -0.2) is 70.2 Å². The molecule has 0 spiro atoms. The number of ether oxygens (including phenoxy) is 2. The van der Waals surface area contributed by atoms with Crippen LogP contribution in [0.15, 0.2) is 54.6 Å². The van der Waals surface area contributed by atoms with E-state index in [1.54, 1.807) is 39.5 Å². The van der Waals surface area contributed by atoms with Gasteiger partial charge in [0.05, 0.1) is 17.1 Å². The Balaban J connectivity index is 1.23. The maximum atomic E-state index is 12.9. The minimum absolute atomic E-state index is 0.101. The summed E-state index contributed by atoms with van der Waals surface area (Å²) in [6, 6.07) is 19.4. The van der Waals surface area contributed by atoms with Crippen LogP contribution in [0.2, 0.25) is 0 Å². The molecule has 0 aliphatic carbocycles. The predicted octanol–water partition coefficient (Wildman–Crippen LogP) is 5.61. The average Bonchev–Trinajstić information content (AvgIpc) is 2.93. The van der Waals surface area contributed by atoms with Crippen molar-refractivity contribution in [2.75, 3.05) is 32.1 Å². The molecule has 2 heterocycles. The molecule has 1 N–H and O–H groups in total. The van der Waals surface area contributed by atoms with Crippen LogP contribution in [0.25, 0.3) is 11.1 Å². The van der Waals surface area contributed by atoms with Crippen molar-refractivity contribution < 1.29 is 19.1 Å². The number of carbonyl (C=O) groups excluding carboxylic acids is 2.